The average molecular weight is 383 g/mol. The molecule has 0 radical (unpaired) electrons. The molecule has 2 rings (SSSR count). The van der Waals surface area contributed by atoms with Gasteiger partial charge in [-0.1, -0.05) is 18.2 Å². The van der Waals surface area contributed by atoms with Crippen LogP contribution in [0, 0.1) is 0 Å². The van der Waals surface area contributed by atoms with Crippen molar-refractivity contribution in [2.24, 2.45) is 0 Å². The Morgan fingerprint density at radius 1 is 0.815 bits per heavy atom. The van der Waals surface area contributed by atoms with E-state index < -0.39 is 0 Å². The maximum absolute atomic E-state index is 5.72. The van der Waals surface area contributed by atoms with Gasteiger partial charge in [0.05, 0.1) is 60.0 Å². The van der Waals surface area contributed by atoms with Gasteiger partial charge < -0.3 is 29.0 Å². The van der Waals surface area contributed by atoms with Crippen LogP contribution in [0.2, 0.25) is 0 Å². The average Bonchev–Trinajstić information content (AvgIpc) is 2.69. The van der Waals surface area contributed by atoms with Gasteiger partial charge in [-0.05, 0) is 6.07 Å². The zero-order chi connectivity index (χ0) is 19.0. The molecule has 1 heterocycles. The molecule has 1 saturated heterocycles. The molecule has 0 aromatic heterocycles. The van der Waals surface area contributed by atoms with Gasteiger partial charge >= 0.3 is 0 Å². The molecule has 27 heavy (non-hydrogen) atoms. The van der Waals surface area contributed by atoms with Gasteiger partial charge in [0.25, 0.3) is 0 Å². The Balaban J connectivity index is 1.81. The van der Waals surface area contributed by atoms with Gasteiger partial charge in [0.15, 0.2) is 0 Å². The van der Waals surface area contributed by atoms with Crippen molar-refractivity contribution in [3.63, 3.8) is 0 Å². The first-order valence-electron chi connectivity index (χ1n) is 9.76. The molecular weight excluding hydrogens is 348 g/mol. The molecule has 0 bridgehead atoms. The maximum atomic E-state index is 5.72. The molecule has 7 heteroatoms. The normalized spacial score (nSPS) is 20.5. The van der Waals surface area contributed by atoms with Gasteiger partial charge in [0.2, 0.25) is 0 Å². The van der Waals surface area contributed by atoms with Crippen LogP contribution in [-0.2, 0) is 25.5 Å². The summed E-state index contributed by atoms with van der Waals surface area (Å²) in [6.07, 6.45) is 0. The zero-order valence-electron chi connectivity index (χ0n) is 16.5. The monoisotopic (exact) mass is 382 g/mol. The summed E-state index contributed by atoms with van der Waals surface area (Å²) >= 11 is 0. The fraction of sp³-hybridized carbons (Fsp3) is 0.700. The lowest BCUT2D eigenvalue weighted by atomic mass is 10.2. The Bertz CT molecular complexity index is 471. The lowest BCUT2D eigenvalue weighted by molar-refractivity contribution is 0.0193. The number of hydrogen-bond donors (Lipinski definition) is 1. The Hall–Kier alpha value is -1.22. The first-order valence-corrected chi connectivity index (χ1v) is 9.76. The highest BCUT2D eigenvalue weighted by atomic mass is 16.5. The molecule has 1 aromatic rings. The lowest BCUT2D eigenvalue weighted by Crippen LogP contribution is -2.31. The number of nitrogens with one attached hydrogen (secondary N) is 1. The summed E-state index contributed by atoms with van der Waals surface area (Å²) in [5.41, 5.74) is 1.17. The topological polar surface area (TPSA) is 61.4 Å². The summed E-state index contributed by atoms with van der Waals surface area (Å²) in [7, 11) is 1.71. The van der Waals surface area contributed by atoms with Gasteiger partial charge in [0, 0.05) is 38.3 Å². The van der Waals surface area contributed by atoms with E-state index in [1.54, 1.807) is 7.11 Å². The number of nitrogens with zero attached hydrogens (tertiary/aromatic N) is 1. The van der Waals surface area contributed by atoms with Gasteiger partial charge in [-0.2, -0.15) is 0 Å². The zero-order valence-corrected chi connectivity index (χ0v) is 16.5. The first kappa shape index (κ1) is 22.1. The van der Waals surface area contributed by atoms with Crippen LogP contribution in [-0.4, -0.2) is 91.0 Å². The Kier molecular flexibility index (Phi) is 12.1. The molecule has 0 spiro atoms. The molecule has 7 nitrogen and oxygen atoms in total. The van der Waals surface area contributed by atoms with E-state index in [1.807, 2.05) is 18.2 Å². The standard InChI is InChI=1S/C20H34N2O5/c1-23-20-5-3-2-4-19(20)18-22-8-12-26-16-14-24-10-6-21-7-11-25-15-17-27-13-9-22/h2-5,21H,6-18H2,1H3. The Morgan fingerprint density at radius 2 is 1.37 bits per heavy atom. The third-order valence-electron chi connectivity index (χ3n) is 4.28. The third-order valence-corrected chi connectivity index (χ3v) is 4.28. The summed E-state index contributed by atoms with van der Waals surface area (Å²) in [6, 6.07) is 8.12. The second-order valence-corrected chi connectivity index (χ2v) is 6.29. The van der Waals surface area contributed by atoms with Crippen molar-refractivity contribution in [3.05, 3.63) is 29.8 Å². The minimum absolute atomic E-state index is 0.613. The van der Waals surface area contributed by atoms with Gasteiger partial charge in [-0.15, -0.1) is 0 Å². The van der Waals surface area contributed by atoms with E-state index in [4.69, 9.17) is 23.7 Å². The molecule has 1 aliphatic heterocycles. The summed E-state index contributed by atoms with van der Waals surface area (Å²) in [6.45, 7) is 9.29. The largest absolute Gasteiger partial charge is 0.496 e. The first-order chi connectivity index (χ1) is 13.4. The van der Waals surface area contributed by atoms with Crippen LogP contribution in [0.15, 0.2) is 24.3 Å². The van der Waals surface area contributed by atoms with Crippen LogP contribution in [0.25, 0.3) is 0 Å². The van der Waals surface area contributed by atoms with E-state index in [0.717, 1.165) is 38.5 Å². The van der Waals surface area contributed by atoms with E-state index in [2.05, 4.69) is 16.3 Å². The SMILES string of the molecule is COc1ccccc1CN1CCOCCOCCNCCOCCOCC1. The number of ether oxygens (including phenoxy) is 5. The van der Waals surface area contributed by atoms with Crippen LogP contribution < -0.4 is 10.1 Å². The molecule has 1 N–H and O–H groups in total. The molecule has 0 aliphatic carbocycles. The number of rotatable bonds is 3. The van der Waals surface area contributed by atoms with Crippen molar-refractivity contribution in [2.75, 3.05) is 86.1 Å². The number of benzene rings is 1. The van der Waals surface area contributed by atoms with Gasteiger partial charge in [-0.25, -0.2) is 0 Å². The molecule has 0 unspecified atom stereocenters. The van der Waals surface area contributed by atoms with Crippen LogP contribution in [0.3, 0.4) is 0 Å². The fourth-order valence-electron chi connectivity index (χ4n) is 2.79. The molecule has 0 saturated carbocycles. The van der Waals surface area contributed by atoms with E-state index in [0.29, 0.717) is 52.9 Å². The van der Waals surface area contributed by atoms with Gasteiger partial charge in [0.1, 0.15) is 5.75 Å². The van der Waals surface area contributed by atoms with Crippen molar-refractivity contribution < 1.29 is 23.7 Å². The highest BCUT2D eigenvalue weighted by molar-refractivity contribution is 5.33. The molecule has 1 fully saturated rings. The predicted octanol–water partition coefficient (Wildman–Crippen LogP) is 1.17. The van der Waals surface area contributed by atoms with Crippen molar-refractivity contribution in [1.82, 2.24) is 10.2 Å². The van der Waals surface area contributed by atoms with Crippen LogP contribution in [0.1, 0.15) is 5.56 Å². The second-order valence-electron chi connectivity index (χ2n) is 6.29. The Morgan fingerprint density at radius 3 is 1.96 bits per heavy atom. The quantitative estimate of drug-likeness (QED) is 0.842. The van der Waals surface area contributed by atoms with E-state index in [1.165, 1.54) is 5.56 Å². The molecule has 154 valence electrons. The van der Waals surface area contributed by atoms with Crippen LogP contribution in [0.5, 0.6) is 5.75 Å². The molecule has 1 aliphatic rings. The van der Waals surface area contributed by atoms with Crippen LogP contribution >= 0.6 is 0 Å². The highest BCUT2D eigenvalue weighted by Crippen LogP contribution is 2.19. The summed E-state index contributed by atoms with van der Waals surface area (Å²) in [5.74, 6) is 0.911. The molecule has 0 amide bonds. The summed E-state index contributed by atoms with van der Waals surface area (Å²) < 4.78 is 28.0. The van der Waals surface area contributed by atoms with Gasteiger partial charge in [-0.3, -0.25) is 4.90 Å². The smallest absolute Gasteiger partial charge is 0.123 e. The number of methoxy groups -OCH3 is 1. The highest BCUT2D eigenvalue weighted by Gasteiger charge is 2.10. The van der Waals surface area contributed by atoms with Crippen LogP contribution in [0.4, 0.5) is 0 Å². The number of para-hydroxylation sites is 1. The van der Waals surface area contributed by atoms with Crippen molar-refractivity contribution >= 4 is 0 Å². The maximum Gasteiger partial charge on any atom is 0.123 e. The van der Waals surface area contributed by atoms with Crippen molar-refractivity contribution in [3.8, 4) is 5.75 Å². The number of hydrogen-bond acceptors (Lipinski definition) is 7. The van der Waals surface area contributed by atoms with E-state index >= 15 is 0 Å². The van der Waals surface area contributed by atoms with E-state index in [-0.39, 0.29) is 0 Å². The second kappa shape index (κ2) is 14.8. The third kappa shape index (κ3) is 10.0. The Labute approximate surface area is 162 Å². The lowest BCUT2D eigenvalue weighted by Gasteiger charge is -2.23. The van der Waals surface area contributed by atoms with Crippen molar-refractivity contribution in [2.45, 2.75) is 6.54 Å². The predicted molar refractivity (Wildman–Crippen MR) is 104 cm³/mol. The fourth-order valence-corrected chi connectivity index (χ4v) is 2.79. The molecular formula is C20H34N2O5. The molecule has 0 atom stereocenters. The summed E-state index contributed by atoms with van der Waals surface area (Å²) in [5, 5.41) is 3.28. The van der Waals surface area contributed by atoms with Crippen molar-refractivity contribution in [1.29, 1.82) is 0 Å². The minimum atomic E-state index is 0.613. The van der Waals surface area contributed by atoms with E-state index in [9.17, 15) is 0 Å². The minimum Gasteiger partial charge on any atom is -0.496 e. The summed E-state index contributed by atoms with van der Waals surface area (Å²) in [4.78, 5) is 2.33. The molecule has 1 aromatic carbocycles.